The minimum Gasteiger partial charge on any atom is -0.477 e. The second-order valence-electron chi connectivity index (χ2n) is 4.53. The molecule has 1 aliphatic heterocycles. The molecule has 0 spiro atoms. The monoisotopic (exact) mass is 271 g/mol. The number of benzene rings is 1. The molecule has 2 N–H and O–H groups in total. The molecule has 1 aromatic carbocycles. The van der Waals surface area contributed by atoms with Gasteiger partial charge < -0.3 is 10.0 Å². The predicted octanol–water partition coefficient (Wildman–Crippen LogP) is 0.683. The molecule has 0 saturated heterocycles. The fourth-order valence-corrected chi connectivity index (χ4v) is 2.27. The zero-order valence-electron chi connectivity index (χ0n) is 10.7. The quantitative estimate of drug-likeness (QED) is 0.849. The predicted molar refractivity (Wildman–Crippen MR) is 70.3 cm³/mol. The van der Waals surface area contributed by atoms with Crippen LogP contribution in [0.2, 0.25) is 0 Å². The summed E-state index contributed by atoms with van der Waals surface area (Å²) in [6.45, 7) is 1.11. The van der Waals surface area contributed by atoms with Gasteiger partial charge in [0, 0.05) is 19.5 Å². The van der Waals surface area contributed by atoms with Crippen molar-refractivity contribution in [3.8, 4) is 0 Å². The minimum absolute atomic E-state index is 0.298. The van der Waals surface area contributed by atoms with Gasteiger partial charge in [-0.25, -0.2) is 4.79 Å². The van der Waals surface area contributed by atoms with E-state index in [-0.39, 0.29) is 0 Å². The second-order valence-corrected chi connectivity index (χ2v) is 4.53. The fourth-order valence-electron chi connectivity index (χ4n) is 2.27. The molecule has 0 bridgehead atoms. The molecule has 1 aromatic heterocycles. The Morgan fingerprint density at radius 1 is 1.40 bits per heavy atom. The van der Waals surface area contributed by atoms with Crippen molar-refractivity contribution in [3.05, 3.63) is 46.9 Å². The van der Waals surface area contributed by atoms with E-state index in [9.17, 15) is 9.90 Å². The van der Waals surface area contributed by atoms with Crippen molar-refractivity contribution in [1.82, 2.24) is 25.5 Å². The Hall–Kier alpha value is -2.70. The summed E-state index contributed by atoms with van der Waals surface area (Å²) in [7, 11) is 0. The van der Waals surface area contributed by atoms with E-state index in [0.29, 0.717) is 31.0 Å². The maximum Gasteiger partial charge on any atom is 0.352 e. The van der Waals surface area contributed by atoms with E-state index in [4.69, 9.17) is 0 Å². The number of carboxylic acids is 1. The molecule has 0 aliphatic carbocycles. The van der Waals surface area contributed by atoms with Crippen LogP contribution in [0.25, 0.3) is 6.08 Å². The highest BCUT2D eigenvalue weighted by atomic mass is 16.4. The maximum absolute atomic E-state index is 11.4. The molecule has 3 rings (SSSR count). The Morgan fingerprint density at radius 2 is 2.25 bits per heavy atom. The first kappa shape index (κ1) is 12.3. The number of aliphatic carboxylic acids is 1. The van der Waals surface area contributed by atoms with E-state index in [2.05, 4.69) is 20.6 Å². The van der Waals surface area contributed by atoms with Crippen LogP contribution in [0.1, 0.15) is 17.0 Å². The fraction of sp³-hybridized carbons (Fsp3) is 0.231. The summed E-state index contributed by atoms with van der Waals surface area (Å²) in [5.41, 5.74) is 2.37. The highest BCUT2D eigenvalue weighted by Gasteiger charge is 2.22. The van der Waals surface area contributed by atoms with Gasteiger partial charge in [-0.05, 0) is 17.2 Å². The van der Waals surface area contributed by atoms with Crippen molar-refractivity contribution < 1.29 is 9.90 Å². The zero-order valence-corrected chi connectivity index (χ0v) is 10.7. The molecular formula is C13H13N5O2. The number of tetrazole rings is 1. The standard InChI is InChI=1S/C13H13N5O2/c19-13(20)11-7-9-3-1-2-4-10(9)8-18(11)6-5-12-14-16-17-15-12/h1-4,7H,5-6,8H2,(H,19,20)(H,14,15,16,17). The van der Waals surface area contributed by atoms with Crippen LogP contribution in [0.15, 0.2) is 30.0 Å². The summed E-state index contributed by atoms with van der Waals surface area (Å²) in [5.74, 6) is -0.346. The minimum atomic E-state index is -0.924. The van der Waals surface area contributed by atoms with Gasteiger partial charge >= 0.3 is 5.97 Å². The lowest BCUT2D eigenvalue weighted by Gasteiger charge is -2.29. The van der Waals surface area contributed by atoms with Gasteiger partial charge in [-0.3, -0.25) is 0 Å². The number of H-pyrrole nitrogens is 1. The van der Waals surface area contributed by atoms with Gasteiger partial charge in [0.15, 0.2) is 5.82 Å². The third kappa shape index (κ3) is 2.37. The number of carboxylic acid groups (broad SMARTS) is 1. The number of aromatic amines is 1. The Balaban J connectivity index is 1.82. The summed E-state index contributed by atoms with van der Waals surface area (Å²) in [6, 6.07) is 7.79. The highest BCUT2D eigenvalue weighted by Crippen LogP contribution is 2.24. The lowest BCUT2D eigenvalue weighted by Crippen LogP contribution is -2.31. The van der Waals surface area contributed by atoms with E-state index in [1.807, 2.05) is 29.2 Å². The van der Waals surface area contributed by atoms with Crippen LogP contribution in [0.3, 0.4) is 0 Å². The van der Waals surface area contributed by atoms with Gasteiger partial charge in [0.25, 0.3) is 0 Å². The topological polar surface area (TPSA) is 95.0 Å². The summed E-state index contributed by atoms with van der Waals surface area (Å²) in [4.78, 5) is 13.2. The van der Waals surface area contributed by atoms with E-state index < -0.39 is 5.97 Å². The van der Waals surface area contributed by atoms with Crippen molar-refractivity contribution >= 4 is 12.0 Å². The van der Waals surface area contributed by atoms with Crippen LogP contribution in [0.5, 0.6) is 0 Å². The average Bonchev–Trinajstić information content (AvgIpc) is 2.97. The molecule has 0 radical (unpaired) electrons. The highest BCUT2D eigenvalue weighted by molar-refractivity contribution is 5.92. The number of aromatic nitrogens is 4. The van der Waals surface area contributed by atoms with Crippen molar-refractivity contribution in [2.45, 2.75) is 13.0 Å². The molecule has 7 nitrogen and oxygen atoms in total. The number of fused-ring (bicyclic) bond motifs is 1. The van der Waals surface area contributed by atoms with Crippen LogP contribution < -0.4 is 0 Å². The number of nitrogens with zero attached hydrogens (tertiary/aromatic N) is 4. The van der Waals surface area contributed by atoms with Gasteiger partial charge in [0.1, 0.15) is 5.70 Å². The number of hydrogen-bond acceptors (Lipinski definition) is 5. The third-order valence-electron chi connectivity index (χ3n) is 3.26. The normalized spacial score (nSPS) is 13.8. The molecule has 2 aromatic rings. The van der Waals surface area contributed by atoms with Crippen molar-refractivity contribution in [1.29, 1.82) is 0 Å². The molecule has 0 amide bonds. The van der Waals surface area contributed by atoms with Crippen molar-refractivity contribution in [2.75, 3.05) is 6.54 Å². The largest absolute Gasteiger partial charge is 0.477 e. The van der Waals surface area contributed by atoms with Crippen LogP contribution in [0.4, 0.5) is 0 Å². The Labute approximate surface area is 114 Å². The summed E-state index contributed by atoms with van der Waals surface area (Å²) in [5, 5.41) is 23.0. The van der Waals surface area contributed by atoms with Crippen molar-refractivity contribution in [2.24, 2.45) is 0 Å². The lowest BCUT2D eigenvalue weighted by atomic mass is 10.0. The van der Waals surface area contributed by atoms with E-state index >= 15 is 0 Å². The first-order valence-electron chi connectivity index (χ1n) is 6.24. The first-order chi connectivity index (χ1) is 9.74. The molecule has 7 heteroatoms. The first-order valence-corrected chi connectivity index (χ1v) is 6.24. The van der Waals surface area contributed by atoms with Gasteiger partial charge in [0.2, 0.25) is 0 Å². The Bertz CT molecular complexity index is 651. The van der Waals surface area contributed by atoms with E-state index in [1.165, 1.54) is 0 Å². The summed E-state index contributed by atoms with van der Waals surface area (Å²) >= 11 is 0. The lowest BCUT2D eigenvalue weighted by molar-refractivity contribution is -0.134. The van der Waals surface area contributed by atoms with Crippen LogP contribution in [-0.2, 0) is 17.8 Å². The van der Waals surface area contributed by atoms with Gasteiger partial charge in [-0.15, -0.1) is 10.2 Å². The molecular weight excluding hydrogens is 258 g/mol. The Kier molecular flexibility index (Phi) is 3.16. The number of nitrogens with one attached hydrogen (secondary N) is 1. The smallest absolute Gasteiger partial charge is 0.352 e. The molecule has 0 atom stereocenters. The van der Waals surface area contributed by atoms with E-state index in [1.54, 1.807) is 6.08 Å². The van der Waals surface area contributed by atoms with Crippen molar-refractivity contribution in [3.63, 3.8) is 0 Å². The maximum atomic E-state index is 11.4. The zero-order chi connectivity index (χ0) is 13.9. The summed E-state index contributed by atoms with van der Waals surface area (Å²) < 4.78 is 0. The van der Waals surface area contributed by atoms with Crippen LogP contribution in [0, 0.1) is 0 Å². The molecule has 0 saturated carbocycles. The second kappa shape index (κ2) is 5.12. The van der Waals surface area contributed by atoms with Gasteiger partial charge in [0.05, 0.1) is 0 Å². The molecule has 0 fully saturated rings. The molecule has 0 unspecified atom stereocenters. The van der Waals surface area contributed by atoms with E-state index in [0.717, 1.165) is 11.1 Å². The van der Waals surface area contributed by atoms with Gasteiger partial charge in [-0.2, -0.15) is 5.21 Å². The van der Waals surface area contributed by atoms with Crippen LogP contribution >= 0.6 is 0 Å². The number of hydrogen-bond donors (Lipinski definition) is 2. The average molecular weight is 271 g/mol. The third-order valence-corrected chi connectivity index (χ3v) is 3.26. The van der Waals surface area contributed by atoms with Crippen LogP contribution in [-0.4, -0.2) is 43.1 Å². The number of carbonyl (C=O) groups is 1. The molecule has 102 valence electrons. The Morgan fingerprint density at radius 3 is 3.00 bits per heavy atom. The summed E-state index contributed by atoms with van der Waals surface area (Å²) in [6.07, 6.45) is 2.25. The SMILES string of the molecule is O=C(O)C1=Cc2ccccc2CN1CCc1nn[nH]n1. The molecule has 20 heavy (non-hydrogen) atoms. The molecule has 2 heterocycles. The molecule has 1 aliphatic rings. The number of rotatable bonds is 4. The van der Waals surface area contributed by atoms with Gasteiger partial charge in [-0.1, -0.05) is 29.5 Å².